The van der Waals surface area contributed by atoms with Gasteiger partial charge in [0.25, 0.3) is 5.91 Å². The van der Waals surface area contributed by atoms with Gasteiger partial charge >= 0.3 is 5.97 Å². The largest absolute Gasteiger partial charge is 0.480 e. The van der Waals surface area contributed by atoms with Gasteiger partial charge in [-0.2, -0.15) is 0 Å². The van der Waals surface area contributed by atoms with Crippen molar-refractivity contribution in [2.75, 3.05) is 0 Å². The Kier molecular flexibility index (Phi) is 8.38. The van der Waals surface area contributed by atoms with E-state index in [0.29, 0.717) is 17.5 Å². The van der Waals surface area contributed by atoms with Gasteiger partial charge < -0.3 is 15.7 Å². The average Bonchev–Trinajstić information content (AvgIpc) is 2.97. The number of hydrogen-bond donors (Lipinski definition) is 3. The molecule has 4 atom stereocenters. The molecule has 0 aliphatic heterocycles. The molecule has 5 rings (SSSR count). The van der Waals surface area contributed by atoms with E-state index in [1.54, 1.807) is 0 Å². The maximum absolute atomic E-state index is 12.9. The minimum absolute atomic E-state index is 0.244. The standard InChI is InChI=1S/C34H36N2O3/c1-23(30-16-8-12-26-11-5-6-15-31(26)30)35-29-14-7-13-28(22-29)25-17-19-27(20-18-25)33(37)36-32(34(38)39)21-24-9-3-2-4-10-24/h2-6,8-12,15-20,23,28-29,32,35H,7,13-14,21-22H2,1H3,(H,36,37)(H,38,39)/t23-,28+,29+,32?/m1/s1. The van der Waals surface area contributed by atoms with Gasteiger partial charge in [-0.3, -0.25) is 4.79 Å². The van der Waals surface area contributed by atoms with Crippen molar-refractivity contribution in [3.63, 3.8) is 0 Å². The summed E-state index contributed by atoms with van der Waals surface area (Å²) in [6.07, 6.45) is 4.74. The Morgan fingerprint density at radius 2 is 1.59 bits per heavy atom. The number of carbonyl (C=O) groups excluding carboxylic acids is 1. The summed E-state index contributed by atoms with van der Waals surface area (Å²) in [5.41, 5.74) is 3.91. The lowest BCUT2D eigenvalue weighted by molar-refractivity contribution is -0.139. The van der Waals surface area contributed by atoms with Crippen LogP contribution >= 0.6 is 0 Å². The predicted octanol–water partition coefficient (Wildman–Crippen LogP) is 6.64. The summed E-state index contributed by atoms with van der Waals surface area (Å²) in [6, 6.07) is 31.8. The molecular weight excluding hydrogens is 484 g/mol. The molecule has 1 aliphatic rings. The highest BCUT2D eigenvalue weighted by Crippen LogP contribution is 2.34. The van der Waals surface area contributed by atoms with Crippen LogP contribution in [-0.4, -0.2) is 29.1 Å². The molecule has 200 valence electrons. The van der Waals surface area contributed by atoms with Crippen molar-refractivity contribution >= 4 is 22.6 Å². The summed E-state index contributed by atoms with van der Waals surface area (Å²) in [5.74, 6) is -0.975. The first kappa shape index (κ1) is 26.6. The number of carboxylic acids is 1. The molecule has 0 spiro atoms. The second-order valence-electron chi connectivity index (χ2n) is 10.7. The monoisotopic (exact) mass is 520 g/mol. The average molecular weight is 521 g/mol. The molecule has 3 N–H and O–H groups in total. The van der Waals surface area contributed by atoms with Gasteiger partial charge in [-0.25, -0.2) is 4.79 Å². The van der Waals surface area contributed by atoms with Crippen LogP contribution in [-0.2, 0) is 11.2 Å². The third-order valence-electron chi connectivity index (χ3n) is 7.98. The normalized spacial score (nSPS) is 18.8. The Morgan fingerprint density at radius 3 is 2.36 bits per heavy atom. The van der Waals surface area contributed by atoms with Crippen LogP contribution in [0.25, 0.3) is 10.8 Å². The quantitative estimate of drug-likeness (QED) is 0.231. The fourth-order valence-electron chi connectivity index (χ4n) is 5.91. The SMILES string of the molecule is C[C@@H](N[C@H]1CCC[C@H](c2ccc(C(=O)NC(Cc3ccccc3)C(=O)O)cc2)C1)c1cccc2ccccc12. The highest BCUT2D eigenvalue weighted by molar-refractivity contribution is 5.96. The van der Waals surface area contributed by atoms with Crippen LogP contribution in [0.2, 0.25) is 0 Å². The summed E-state index contributed by atoms with van der Waals surface area (Å²) in [7, 11) is 0. The van der Waals surface area contributed by atoms with Crippen LogP contribution in [0.4, 0.5) is 0 Å². The Balaban J connectivity index is 1.20. The number of rotatable bonds is 9. The summed E-state index contributed by atoms with van der Waals surface area (Å²) in [6.45, 7) is 2.25. The van der Waals surface area contributed by atoms with Crippen molar-refractivity contribution in [2.45, 2.75) is 63.1 Å². The van der Waals surface area contributed by atoms with Crippen LogP contribution in [0.5, 0.6) is 0 Å². The highest BCUT2D eigenvalue weighted by Gasteiger charge is 2.26. The lowest BCUT2D eigenvalue weighted by atomic mass is 9.80. The van der Waals surface area contributed by atoms with Crippen molar-refractivity contribution < 1.29 is 14.7 Å². The van der Waals surface area contributed by atoms with E-state index in [2.05, 4.69) is 60.0 Å². The van der Waals surface area contributed by atoms with Gasteiger partial charge in [0.05, 0.1) is 0 Å². The summed E-state index contributed by atoms with van der Waals surface area (Å²) in [5, 5.41) is 18.8. The molecular formula is C34H36N2O3. The predicted molar refractivity (Wildman–Crippen MR) is 156 cm³/mol. The number of fused-ring (bicyclic) bond motifs is 1. The second-order valence-corrected chi connectivity index (χ2v) is 10.7. The van der Waals surface area contributed by atoms with Gasteiger partial charge in [-0.15, -0.1) is 0 Å². The third kappa shape index (κ3) is 6.55. The summed E-state index contributed by atoms with van der Waals surface area (Å²) in [4.78, 5) is 24.6. The molecule has 1 aliphatic carbocycles. The van der Waals surface area contributed by atoms with Gasteiger partial charge in [-0.05, 0) is 71.7 Å². The van der Waals surface area contributed by atoms with Crippen LogP contribution in [0, 0.1) is 0 Å². The molecule has 5 heteroatoms. The Morgan fingerprint density at radius 1 is 0.872 bits per heavy atom. The molecule has 4 aromatic carbocycles. The Bertz CT molecular complexity index is 1410. The van der Waals surface area contributed by atoms with E-state index >= 15 is 0 Å². The van der Waals surface area contributed by atoms with Gasteiger partial charge in [0, 0.05) is 24.1 Å². The zero-order chi connectivity index (χ0) is 27.2. The molecule has 0 saturated heterocycles. The molecule has 0 aromatic heterocycles. The molecule has 0 heterocycles. The first-order chi connectivity index (χ1) is 19.0. The lowest BCUT2D eigenvalue weighted by Crippen LogP contribution is -2.42. The molecule has 5 nitrogen and oxygen atoms in total. The van der Waals surface area contributed by atoms with E-state index in [0.717, 1.165) is 31.2 Å². The molecule has 0 bridgehead atoms. The molecule has 39 heavy (non-hydrogen) atoms. The lowest BCUT2D eigenvalue weighted by Gasteiger charge is -2.32. The minimum atomic E-state index is -1.04. The minimum Gasteiger partial charge on any atom is -0.480 e. The molecule has 1 fully saturated rings. The fraction of sp³-hybridized carbons (Fsp3) is 0.294. The second kappa shape index (κ2) is 12.3. The number of benzene rings is 4. The number of carbonyl (C=O) groups is 2. The maximum Gasteiger partial charge on any atom is 0.326 e. The van der Waals surface area contributed by atoms with E-state index in [1.165, 1.54) is 21.9 Å². The third-order valence-corrected chi connectivity index (χ3v) is 7.98. The highest BCUT2D eigenvalue weighted by atomic mass is 16.4. The van der Waals surface area contributed by atoms with E-state index in [1.807, 2.05) is 54.6 Å². The molecule has 0 radical (unpaired) electrons. The Labute approximate surface area is 230 Å². The van der Waals surface area contributed by atoms with Crippen molar-refractivity contribution in [1.82, 2.24) is 10.6 Å². The van der Waals surface area contributed by atoms with Gasteiger partial charge in [0.15, 0.2) is 0 Å². The number of nitrogens with one attached hydrogen (secondary N) is 2. The number of aliphatic carboxylic acids is 1. The zero-order valence-electron chi connectivity index (χ0n) is 22.3. The van der Waals surface area contributed by atoms with E-state index in [9.17, 15) is 14.7 Å². The summed E-state index contributed by atoms with van der Waals surface area (Å²) >= 11 is 0. The first-order valence-electron chi connectivity index (χ1n) is 13.9. The van der Waals surface area contributed by atoms with Gasteiger partial charge in [-0.1, -0.05) is 91.3 Å². The molecule has 4 aromatic rings. The van der Waals surface area contributed by atoms with Crippen LogP contribution in [0.3, 0.4) is 0 Å². The Hall–Kier alpha value is -3.96. The van der Waals surface area contributed by atoms with E-state index < -0.39 is 12.0 Å². The van der Waals surface area contributed by atoms with Crippen molar-refractivity contribution in [1.29, 1.82) is 0 Å². The van der Waals surface area contributed by atoms with Crippen LogP contribution in [0.1, 0.15) is 71.6 Å². The van der Waals surface area contributed by atoms with Crippen LogP contribution < -0.4 is 10.6 Å². The van der Waals surface area contributed by atoms with Gasteiger partial charge in [0.2, 0.25) is 0 Å². The van der Waals surface area contributed by atoms with Crippen molar-refractivity contribution in [3.8, 4) is 0 Å². The molecule has 1 unspecified atom stereocenters. The zero-order valence-corrected chi connectivity index (χ0v) is 22.3. The number of amides is 1. The van der Waals surface area contributed by atoms with Crippen LogP contribution in [0.15, 0.2) is 97.1 Å². The summed E-state index contributed by atoms with van der Waals surface area (Å²) < 4.78 is 0. The van der Waals surface area contributed by atoms with Gasteiger partial charge in [0.1, 0.15) is 6.04 Å². The van der Waals surface area contributed by atoms with E-state index in [4.69, 9.17) is 0 Å². The fourth-order valence-corrected chi connectivity index (χ4v) is 5.91. The van der Waals surface area contributed by atoms with E-state index in [-0.39, 0.29) is 18.4 Å². The van der Waals surface area contributed by atoms with Crippen molar-refractivity contribution in [3.05, 3.63) is 119 Å². The number of hydrogen-bond acceptors (Lipinski definition) is 3. The topological polar surface area (TPSA) is 78.4 Å². The maximum atomic E-state index is 12.9. The molecule has 1 amide bonds. The number of carboxylic acid groups (broad SMARTS) is 1. The van der Waals surface area contributed by atoms with Crippen molar-refractivity contribution in [2.24, 2.45) is 0 Å². The smallest absolute Gasteiger partial charge is 0.326 e. The molecule has 1 saturated carbocycles. The first-order valence-corrected chi connectivity index (χ1v) is 13.9.